The van der Waals surface area contributed by atoms with E-state index in [4.69, 9.17) is 9.47 Å². The van der Waals surface area contributed by atoms with Crippen LogP contribution in [0.2, 0.25) is 0 Å². The van der Waals surface area contributed by atoms with Crippen LogP contribution in [-0.2, 0) is 14.3 Å². The largest absolute Gasteiger partial charge is 0.497 e. The Hall–Kier alpha value is -2.40. The maximum absolute atomic E-state index is 12.8. The van der Waals surface area contributed by atoms with Crippen LogP contribution in [0.25, 0.3) is 5.57 Å². The summed E-state index contributed by atoms with van der Waals surface area (Å²) in [6.07, 6.45) is 2.20. The standard InChI is InChI=1S/C20H20O4S/c1-3-24-20(22)19-16(18-8-5-9-25-18)11-14(12-17(19)21)13-6-4-7-15(10-13)23-2/h4-10,12,16,19H,3,11H2,1-2H3. The molecule has 130 valence electrons. The van der Waals surface area contributed by atoms with E-state index in [0.717, 1.165) is 21.8 Å². The lowest BCUT2D eigenvalue weighted by molar-refractivity contribution is -0.151. The Morgan fingerprint density at radius 1 is 1.28 bits per heavy atom. The van der Waals surface area contributed by atoms with Crippen molar-refractivity contribution in [3.05, 3.63) is 58.3 Å². The van der Waals surface area contributed by atoms with Gasteiger partial charge in [0.05, 0.1) is 13.7 Å². The molecule has 2 atom stereocenters. The highest BCUT2D eigenvalue weighted by atomic mass is 32.1. The van der Waals surface area contributed by atoms with Gasteiger partial charge in [-0.05, 0) is 54.1 Å². The molecule has 0 fully saturated rings. The fourth-order valence-corrected chi connectivity index (χ4v) is 4.04. The molecule has 1 aromatic heterocycles. The lowest BCUT2D eigenvalue weighted by atomic mass is 9.76. The Bertz CT molecular complexity index is 792. The average Bonchev–Trinajstić information content (AvgIpc) is 3.15. The molecule has 0 bridgehead atoms. The Morgan fingerprint density at radius 3 is 2.80 bits per heavy atom. The summed E-state index contributed by atoms with van der Waals surface area (Å²) < 4.78 is 10.4. The van der Waals surface area contributed by atoms with Gasteiger partial charge in [-0.3, -0.25) is 9.59 Å². The Labute approximate surface area is 151 Å². The van der Waals surface area contributed by atoms with Crippen LogP contribution in [-0.4, -0.2) is 25.5 Å². The van der Waals surface area contributed by atoms with Gasteiger partial charge in [-0.15, -0.1) is 11.3 Å². The molecule has 0 spiro atoms. The zero-order valence-corrected chi connectivity index (χ0v) is 15.0. The second-order valence-corrected chi connectivity index (χ2v) is 6.84. The first-order valence-electron chi connectivity index (χ1n) is 8.23. The number of hydrogen-bond donors (Lipinski definition) is 0. The number of hydrogen-bond acceptors (Lipinski definition) is 5. The number of benzene rings is 1. The molecule has 1 aromatic carbocycles. The number of esters is 1. The number of ether oxygens (including phenoxy) is 2. The maximum Gasteiger partial charge on any atom is 0.317 e. The van der Waals surface area contributed by atoms with Crippen molar-refractivity contribution in [3.63, 3.8) is 0 Å². The molecule has 5 heteroatoms. The van der Waals surface area contributed by atoms with Gasteiger partial charge in [0.1, 0.15) is 11.7 Å². The predicted octanol–water partition coefficient (Wildman–Crippen LogP) is 4.08. The molecule has 0 radical (unpaired) electrons. The Kier molecular flexibility index (Phi) is 5.34. The Balaban J connectivity index is 1.99. The van der Waals surface area contributed by atoms with E-state index in [2.05, 4.69) is 0 Å². The zero-order valence-electron chi connectivity index (χ0n) is 14.2. The van der Waals surface area contributed by atoms with Crippen LogP contribution in [0.3, 0.4) is 0 Å². The summed E-state index contributed by atoms with van der Waals surface area (Å²) >= 11 is 1.56. The van der Waals surface area contributed by atoms with Gasteiger partial charge in [0, 0.05) is 10.8 Å². The van der Waals surface area contributed by atoms with Crippen LogP contribution in [0.15, 0.2) is 47.9 Å². The van der Waals surface area contributed by atoms with Crippen molar-refractivity contribution >= 4 is 28.7 Å². The number of carbonyl (C=O) groups is 2. The number of allylic oxidation sites excluding steroid dienone is 2. The molecule has 4 nitrogen and oxygen atoms in total. The third-order valence-electron chi connectivity index (χ3n) is 4.35. The first-order chi connectivity index (χ1) is 12.1. The molecule has 0 saturated heterocycles. The van der Waals surface area contributed by atoms with Crippen molar-refractivity contribution in [2.75, 3.05) is 13.7 Å². The van der Waals surface area contributed by atoms with E-state index >= 15 is 0 Å². The lowest BCUT2D eigenvalue weighted by Crippen LogP contribution is -2.33. The molecular weight excluding hydrogens is 336 g/mol. The normalized spacial score (nSPS) is 20.1. The number of ketones is 1. The van der Waals surface area contributed by atoms with Gasteiger partial charge in [0.2, 0.25) is 0 Å². The minimum Gasteiger partial charge on any atom is -0.497 e. The van der Waals surface area contributed by atoms with E-state index < -0.39 is 11.9 Å². The molecule has 1 heterocycles. The van der Waals surface area contributed by atoms with Crippen LogP contribution < -0.4 is 4.74 Å². The van der Waals surface area contributed by atoms with E-state index in [0.29, 0.717) is 6.42 Å². The highest BCUT2D eigenvalue weighted by Crippen LogP contribution is 2.42. The van der Waals surface area contributed by atoms with Crippen LogP contribution in [0.5, 0.6) is 5.75 Å². The van der Waals surface area contributed by atoms with Gasteiger partial charge in [0.15, 0.2) is 5.78 Å². The molecule has 3 rings (SSSR count). The highest BCUT2D eigenvalue weighted by Gasteiger charge is 2.40. The molecule has 0 aliphatic heterocycles. The molecule has 2 unspecified atom stereocenters. The summed E-state index contributed by atoms with van der Waals surface area (Å²) in [5.41, 5.74) is 1.86. The number of thiophene rings is 1. The summed E-state index contributed by atoms with van der Waals surface area (Å²) in [5, 5.41) is 1.96. The molecule has 1 aliphatic rings. The fraction of sp³-hybridized carbons (Fsp3) is 0.300. The smallest absolute Gasteiger partial charge is 0.317 e. The third kappa shape index (κ3) is 3.66. The highest BCUT2D eigenvalue weighted by molar-refractivity contribution is 7.10. The maximum atomic E-state index is 12.8. The van der Waals surface area contributed by atoms with Crippen molar-refractivity contribution in [3.8, 4) is 5.75 Å². The second-order valence-electron chi connectivity index (χ2n) is 5.86. The van der Waals surface area contributed by atoms with Crippen molar-refractivity contribution in [1.29, 1.82) is 0 Å². The first kappa shape index (κ1) is 17.4. The summed E-state index contributed by atoms with van der Waals surface area (Å²) in [4.78, 5) is 26.1. The molecule has 25 heavy (non-hydrogen) atoms. The minimum absolute atomic E-state index is 0.194. The number of methoxy groups -OCH3 is 1. The Morgan fingerprint density at radius 2 is 2.12 bits per heavy atom. The first-order valence-corrected chi connectivity index (χ1v) is 9.11. The third-order valence-corrected chi connectivity index (χ3v) is 5.36. The van der Waals surface area contributed by atoms with Gasteiger partial charge in [-0.2, -0.15) is 0 Å². The van der Waals surface area contributed by atoms with E-state index in [1.807, 2.05) is 41.8 Å². The van der Waals surface area contributed by atoms with Gasteiger partial charge in [-0.1, -0.05) is 18.2 Å². The molecule has 0 amide bonds. The monoisotopic (exact) mass is 356 g/mol. The topological polar surface area (TPSA) is 52.6 Å². The molecular formula is C20H20O4S. The zero-order chi connectivity index (χ0) is 17.8. The quantitative estimate of drug-likeness (QED) is 0.598. The van der Waals surface area contributed by atoms with Gasteiger partial charge < -0.3 is 9.47 Å². The van der Waals surface area contributed by atoms with Crippen molar-refractivity contribution in [2.24, 2.45) is 5.92 Å². The molecule has 0 saturated carbocycles. The van der Waals surface area contributed by atoms with Crippen molar-refractivity contribution in [2.45, 2.75) is 19.3 Å². The summed E-state index contributed by atoms with van der Waals surface area (Å²) in [6.45, 7) is 2.02. The fourth-order valence-electron chi connectivity index (χ4n) is 3.18. The summed E-state index contributed by atoms with van der Waals surface area (Å²) in [6, 6.07) is 11.6. The molecule has 0 N–H and O–H groups in total. The van der Waals surface area contributed by atoms with E-state index in [1.54, 1.807) is 31.4 Å². The minimum atomic E-state index is -0.770. The SMILES string of the molecule is CCOC(=O)C1C(=O)C=C(c2cccc(OC)c2)CC1c1cccs1. The van der Waals surface area contributed by atoms with Crippen molar-refractivity contribution in [1.82, 2.24) is 0 Å². The second kappa shape index (κ2) is 7.66. The van der Waals surface area contributed by atoms with Crippen LogP contribution in [0.1, 0.15) is 29.7 Å². The van der Waals surface area contributed by atoms with E-state index in [9.17, 15) is 9.59 Å². The van der Waals surface area contributed by atoms with E-state index in [-0.39, 0.29) is 18.3 Å². The number of carbonyl (C=O) groups excluding carboxylic acids is 2. The van der Waals surface area contributed by atoms with Crippen LogP contribution >= 0.6 is 11.3 Å². The van der Waals surface area contributed by atoms with Gasteiger partial charge in [-0.25, -0.2) is 0 Å². The average molecular weight is 356 g/mol. The predicted molar refractivity (Wildman–Crippen MR) is 97.8 cm³/mol. The van der Waals surface area contributed by atoms with Gasteiger partial charge >= 0.3 is 5.97 Å². The number of rotatable bonds is 5. The molecule has 2 aromatic rings. The van der Waals surface area contributed by atoms with E-state index in [1.165, 1.54) is 0 Å². The van der Waals surface area contributed by atoms with Gasteiger partial charge in [0.25, 0.3) is 0 Å². The lowest BCUT2D eigenvalue weighted by Gasteiger charge is -2.28. The van der Waals surface area contributed by atoms with Crippen molar-refractivity contribution < 1.29 is 19.1 Å². The summed E-state index contributed by atoms with van der Waals surface area (Å²) in [7, 11) is 1.62. The summed E-state index contributed by atoms with van der Waals surface area (Å²) in [5.74, 6) is -0.857. The van der Waals surface area contributed by atoms with Crippen LogP contribution in [0, 0.1) is 5.92 Å². The molecule has 1 aliphatic carbocycles. The van der Waals surface area contributed by atoms with Crippen LogP contribution in [0.4, 0.5) is 0 Å².